The van der Waals surface area contributed by atoms with Crippen LogP contribution in [0.4, 0.5) is 5.69 Å². The monoisotopic (exact) mass is 487 g/mol. The molecule has 0 spiro atoms. The van der Waals surface area contributed by atoms with E-state index in [-0.39, 0.29) is 0 Å². The lowest BCUT2D eigenvalue weighted by molar-refractivity contribution is 0.463. The third-order valence-electron chi connectivity index (χ3n) is 6.43. The molecular weight excluding hydrogens is 461 g/mol. The standard InChI is InChI=1S/C31H26N3OP/c1-21-13-15-33-31(17-21)36-28-10-5-4-9-26(28)27-12-11-23(19-29(27)36)22-7-6-8-25(18-22)35-30-20-24(34(2)3)14-16-32-30/h4-20H,1-3H3. The molecule has 0 amide bonds. The molecule has 6 aromatic rings. The van der Waals surface area contributed by atoms with Crippen LogP contribution in [0.25, 0.3) is 37.6 Å². The first-order valence-electron chi connectivity index (χ1n) is 11.9. The number of aryl methyl sites for hydroxylation is 1. The molecule has 176 valence electrons. The lowest BCUT2D eigenvalue weighted by Crippen LogP contribution is -2.08. The molecule has 0 fully saturated rings. The van der Waals surface area contributed by atoms with Gasteiger partial charge in [0.25, 0.3) is 0 Å². The number of benzene rings is 3. The molecule has 5 heteroatoms. The first-order valence-corrected chi connectivity index (χ1v) is 13.3. The fourth-order valence-electron chi connectivity index (χ4n) is 4.63. The van der Waals surface area contributed by atoms with E-state index >= 15 is 0 Å². The summed E-state index contributed by atoms with van der Waals surface area (Å²) >= 11 is 0. The van der Waals surface area contributed by atoms with Gasteiger partial charge in [0.2, 0.25) is 5.88 Å². The topological polar surface area (TPSA) is 38.2 Å². The van der Waals surface area contributed by atoms with Gasteiger partial charge in [-0.25, -0.2) is 4.98 Å². The highest BCUT2D eigenvalue weighted by atomic mass is 31.1. The third kappa shape index (κ3) is 4.10. The third-order valence-corrected chi connectivity index (χ3v) is 8.85. The molecule has 3 heterocycles. The van der Waals surface area contributed by atoms with Crippen LogP contribution in [0.1, 0.15) is 5.56 Å². The van der Waals surface area contributed by atoms with Crippen molar-refractivity contribution in [1.29, 1.82) is 0 Å². The molecule has 3 aromatic heterocycles. The van der Waals surface area contributed by atoms with Crippen molar-refractivity contribution in [3.8, 4) is 28.2 Å². The number of hydrogen-bond acceptors (Lipinski definition) is 4. The van der Waals surface area contributed by atoms with Crippen LogP contribution in [-0.2, 0) is 0 Å². The Bertz CT molecular complexity index is 1720. The van der Waals surface area contributed by atoms with Gasteiger partial charge < -0.3 is 9.64 Å². The normalized spacial score (nSPS) is 11.7. The van der Waals surface area contributed by atoms with Crippen LogP contribution >= 0.6 is 7.53 Å². The number of pyridine rings is 2. The second-order valence-corrected chi connectivity index (χ2v) is 11.2. The molecule has 0 radical (unpaired) electrons. The molecule has 0 saturated carbocycles. The number of nitrogens with zero attached hydrogens (tertiary/aromatic N) is 3. The van der Waals surface area contributed by atoms with Crippen molar-refractivity contribution < 1.29 is 4.74 Å². The quantitative estimate of drug-likeness (QED) is 0.244. The zero-order valence-electron chi connectivity index (χ0n) is 20.5. The van der Waals surface area contributed by atoms with Gasteiger partial charge in [-0.3, -0.25) is 4.98 Å². The number of anilines is 1. The van der Waals surface area contributed by atoms with Crippen molar-refractivity contribution in [2.24, 2.45) is 0 Å². The van der Waals surface area contributed by atoms with Crippen LogP contribution in [-0.4, -0.2) is 24.1 Å². The molecule has 0 aliphatic carbocycles. The van der Waals surface area contributed by atoms with Gasteiger partial charge >= 0.3 is 0 Å². The van der Waals surface area contributed by atoms with E-state index < -0.39 is 7.53 Å². The summed E-state index contributed by atoms with van der Waals surface area (Å²) in [4.78, 5) is 11.2. The van der Waals surface area contributed by atoms with Crippen molar-refractivity contribution in [3.05, 3.63) is 109 Å². The average Bonchev–Trinajstić information content (AvgIpc) is 3.23. The summed E-state index contributed by atoms with van der Waals surface area (Å²) in [5, 5.41) is 5.36. The Kier molecular flexibility index (Phi) is 5.67. The summed E-state index contributed by atoms with van der Waals surface area (Å²) in [6.45, 7) is 2.13. The summed E-state index contributed by atoms with van der Waals surface area (Å²) in [6.07, 6.45) is 3.70. The van der Waals surface area contributed by atoms with Crippen molar-refractivity contribution in [3.63, 3.8) is 0 Å². The molecule has 0 saturated heterocycles. The Balaban J connectivity index is 1.45. The minimum Gasteiger partial charge on any atom is -0.439 e. The second kappa shape index (κ2) is 9.14. The molecule has 0 aliphatic rings. The average molecular weight is 488 g/mol. The van der Waals surface area contributed by atoms with Crippen molar-refractivity contribution in [2.75, 3.05) is 19.0 Å². The lowest BCUT2D eigenvalue weighted by atomic mass is 10.0. The number of hydrogen-bond donors (Lipinski definition) is 0. The summed E-state index contributed by atoms with van der Waals surface area (Å²) < 4.78 is 6.13. The maximum absolute atomic E-state index is 6.13. The molecule has 3 aromatic carbocycles. The van der Waals surface area contributed by atoms with Gasteiger partial charge in [-0.2, -0.15) is 0 Å². The second-order valence-electron chi connectivity index (χ2n) is 9.15. The Morgan fingerprint density at radius 2 is 1.50 bits per heavy atom. The summed E-state index contributed by atoms with van der Waals surface area (Å²) in [5.74, 6) is 1.35. The minimum absolute atomic E-state index is 0.580. The van der Waals surface area contributed by atoms with Gasteiger partial charge in [0.15, 0.2) is 0 Å². The summed E-state index contributed by atoms with van der Waals surface area (Å²) in [5.41, 5.74) is 5.72. The Morgan fingerprint density at radius 3 is 2.36 bits per heavy atom. The first kappa shape index (κ1) is 22.3. The number of aromatic nitrogens is 2. The highest BCUT2D eigenvalue weighted by molar-refractivity contribution is 7.67. The van der Waals surface area contributed by atoms with Crippen LogP contribution in [0.15, 0.2) is 103 Å². The zero-order valence-corrected chi connectivity index (χ0v) is 21.4. The van der Waals surface area contributed by atoms with E-state index in [1.807, 2.05) is 49.5 Å². The summed E-state index contributed by atoms with van der Waals surface area (Å²) in [7, 11) is 3.30. The van der Waals surface area contributed by atoms with E-state index in [9.17, 15) is 0 Å². The van der Waals surface area contributed by atoms with E-state index in [0.717, 1.165) is 22.4 Å². The van der Waals surface area contributed by atoms with Crippen molar-refractivity contribution in [1.82, 2.24) is 9.97 Å². The Morgan fingerprint density at radius 1 is 0.694 bits per heavy atom. The predicted octanol–water partition coefficient (Wildman–Crippen LogP) is 8.59. The molecule has 0 bridgehead atoms. The molecule has 0 aliphatic heterocycles. The van der Waals surface area contributed by atoms with E-state index in [0.29, 0.717) is 5.88 Å². The minimum atomic E-state index is -0.709. The molecule has 0 N–H and O–H groups in total. The zero-order chi connectivity index (χ0) is 24.6. The molecule has 1 unspecified atom stereocenters. The largest absolute Gasteiger partial charge is 0.439 e. The maximum Gasteiger partial charge on any atom is 0.221 e. The van der Waals surface area contributed by atoms with Crippen LogP contribution in [0.3, 0.4) is 0 Å². The molecule has 6 rings (SSSR count). The number of fused-ring (bicyclic) bond motifs is 3. The van der Waals surface area contributed by atoms with Crippen molar-refractivity contribution in [2.45, 2.75) is 6.92 Å². The van der Waals surface area contributed by atoms with Crippen LogP contribution in [0.2, 0.25) is 0 Å². The number of rotatable bonds is 5. The Hall–Kier alpha value is -4.14. The molecule has 4 nitrogen and oxygen atoms in total. The first-order chi connectivity index (χ1) is 17.6. The molecule has 1 atom stereocenters. The van der Waals surface area contributed by atoms with Gasteiger partial charge in [0.05, 0.1) is 5.44 Å². The number of ether oxygens (including phenoxy) is 1. The van der Waals surface area contributed by atoms with E-state index in [1.165, 1.54) is 32.1 Å². The summed E-state index contributed by atoms with van der Waals surface area (Å²) in [6, 6.07) is 32.0. The van der Waals surface area contributed by atoms with Crippen LogP contribution in [0, 0.1) is 6.92 Å². The van der Waals surface area contributed by atoms with Crippen LogP contribution < -0.4 is 9.64 Å². The van der Waals surface area contributed by atoms with E-state index in [1.54, 1.807) is 6.20 Å². The van der Waals surface area contributed by atoms with Crippen molar-refractivity contribution >= 4 is 34.2 Å². The van der Waals surface area contributed by atoms with E-state index in [2.05, 4.69) is 78.6 Å². The van der Waals surface area contributed by atoms with Crippen LogP contribution in [0.5, 0.6) is 11.6 Å². The SMILES string of the molecule is Cc1ccnc(-p2c3ccccc3c3ccc(-c4cccc(Oc5cc(N(C)C)ccn5)c4)cc32)c1. The molecule has 36 heavy (non-hydrogen) atoms. The fraction of sp³-hybridized carbons (Fsp3) is 0.0968. The lowest BCUT2D eigenvalue weighted by Gasteiger charge is -2.13. The smallest absolute Gasteiger partial charge is 0.221 e. The highest BCUT2D eigenvalue weighted by Gasteiger charge is 2.15. The predicted molar refractivity (Wildman–Crippen MR) is 152 cm³/mol. The van der Waals surface area contributed by atoms with Gasteiger partial charge in [-0.05, 0) is 76.9 Å². The van der Waals surface area contributed by atoms with E-state index in [4.69, 9.17) is 9.72 Å². The maximum atomic E-state index is 6.13. The van der Waals surface area contributed by atoms with Gasteiger partial charge in [0.1, 0.15) is 5.75 Å². The Labute approximate surface area is 211 Å². The highest BCUT2D eigenvalue weighted by Crippen LogP contribution is 2.55. The van der Waals surface area contributed by atoms with Gasteiger partial charge in [-0.1, -0.05) is 50.0 Å². The molecular formula is C31H26N3OP. The van der Waals surface area contributed by atoms with Gasteiger partial charge in [-0.15, -0.1) is 0 Å². The fourth-order valence-corrected chi connectivity index (χ4v) is 7.28. The van der Waals surface area contributed by atoms with Gasteiger partial charge in [0, 0.05) is 48.5 Å².